The van der Waals surface area contributed by atoms with Crippen molar-refractivity contribution in [2.24, 2.45) is 0 Å². The lowest BCUT2D eigenvalue weighted by molar-refractivity contribution is 0.102. The highest BCUT2D eigenvalue weighted by atomic mass is 16.5. The molecule has 0 aliphatic carbocycles. The third kappa shape index (κ3) is 5.19. The molecule has 4 rings (SSSR count). The fourth-order valence-corrected chi connectivity index (χ4v) is 4.70. The van der Waals surface area contributed by atoms with E-state index in [0.717, 1.165) is 41.7 Å². The van der Waals surface area contributed by atoms with Crippen molar-refractivity contribution in [2.45, 2.75) is 59.0 Å². The second kappa shape index (κ2) is 10.3. The van der Waals surface area contributed by atoms with E-state index in [0.29, 0.717) is 24.0 Å². The zero-order chi connectivity index (χ0) is 25.1. The number of nitrogens with two attached hydrogens (primary N) is 1. The largest absolute Gasteiger partial charge is 0.494 e. The molecule has 0 radical (unpaired) electrons. The molecule has 0 unspecified atom stereocenters. The van der Waals surface area contributed by atoms with Crippen molar-refractivity contribution in [2.75, 3.05) is 17.7 Å². The second-order valence-corrected chi connectivity index (χ2v) is 9.03. The van der Waals surface area contributed by atoms with E-state index in [1.165, 1.54) is 10.9 Å². The van der Waals surface area contributed by atoms with Gasteiger partial charge in [0.25, 0.3) is 11.5 Å². The van der Waals surface area contributed by atoms with Crippen LogP contribution in [-0.4, -0.2) is 33.1 Å². The summed E-state index contributed by atoms with van der Waals surface area (Å²) >= 11 is 0. The van der Waals surface area contributed by atoms with Crippen LogP contribution in [0.3, 0.4) is 0 Å². The van der Waals surface area contributed by atoms with Crippen LogP contribution in [0.4, 0.5) is 11.5 Å². The minimum absolute atomic E-state index is 0.128. The predicted molar refractivity (Wildman–Crippen MR) is 136 cm³/mol. The first-order valence-corrected chi connectivity index (χ1v) is 11.9. The smallest absolute Gasteiger partial charge is 0.272 e. The maximum atomic E-state index is 13.4. The summed E-state index contributed by atoms with van der Waals surface area (Å²) < 4.78 is 6.95. The van der Waals surface area contributed by atoms with Gasteiger partial charge < -0.3 is 21.1 Å². The van der Waals surface area contributed by atoms with Gasteiger partial charge in [-0.15, -0.1) is 0 Å². The number of aryl methyl sites for hydroxylation is 2. The Balaban J connectivity index is 1.65. The summed E-state index contributed by atoms with van der Waals surface area (Å²) in [5.41, 5.74) is 9.00. The van der Waals surface area contributed by atoms with Gasteiger partial charge in [-0.3, -0.25) is 19.1 Å². The Morgan fingerprint density at radius 2 is 1.97 bits per heavy atom. The molecule has 0 spiro atoms. The van der Waals surface area contributed by atoms with Crippen LogP contribution < -0.4 is 26.7 Å². The lowest BCUT2D eigenvalue weighted by atomic mass is 9.95. The first-order valence-electron chi connectivity index (χ1n) is 11.9. The number of ether oxygens (including phenoxy) is 1. The molecule has 9 heteroatoms. The van der Waals surface area contributed by atoms with Gasteiger partial charge in [0, 0.05) is 18.3 Å². The number of carbonyl (C=O) groups excluding carboxylic acids is 1. The molecule has 2 atom stereocenters. The first kappa shape index (κ1) is 24.4. The molecular formula is C26H32N6O3. The van der Waals surface area contributed by atoms with E-state index >= 15 is 0 Å². The number of nitrogen functional groups attached to an aromatic ring is 1. The molecule has 0 bridgehead atoms. The average molecular weight is 477 g/mol. The molecule has 9 nitrogen and oxygen atoms in total. The second-order valence-electron chi connectivity index (χ2n) is 9.03. The fraction of sp³-hybridized carbons (Fsp3) is 0.385. The number of anilines is 2. The molecule has 0 saturated carbocycles. The van der Waals surface area contributed by atoms with Gasteiger partial charge in [-0.05, 0) is 75.4 Å². The summed E-state index contributed by atoms with van der Waals surface area (Å²) in [6, 6.07) is 6.19. The SMILES string of the molecule is CCOc1cc(C)c(-n2cnc(N)c(C(=O)Nc3cncc([C@@H]4CCC[C@H](C)N4)c3)c2=O)c(C)c1. The Labute approximate surface area is 204 Å². The maximum Gasteiger partial charge on any atom is 0.272 e. The Kier molecular flexibility index (Phi) is 7.16. The van der Waals surface area contributed by atoms with Crippen molar-refractivity contribution < 1.29 is 9.53 Å². The van der Waals surface area contributed by atoms with Gasteiger partial charge in [-0.25, -0.2) is 4.98 Å². The highest BCUT2D eigenvalue weighted by Crippen LogP contribution is 2.27. The number of pyridine rings is 1. The molecular weight excluding hydrogens is 444 g/mol. The Morgan fingerprint density at radius 1 is 1.23 bits per heavy atom. The zero-order valence-corrected chi connectivity index (χ0v) is 20.6. The van der Waals surface area contributed by atoms with E-state index < -0.39 is 11.5 Å². The van der Waals surface area contributed by atoms with Crippen molar-refractivity contribution in [1.29, 1.82) is 0 Å². The van der Waals surface area contributed by atoms with E-state index in [1.807, 2.05) is 39.0 Å². The highest BCUT2D eigenvalue weighted by Gasteiger charge is 2.22. The van der Waals surface area contributed by atoms with E-state index in [9.17, 15) is 9.59 Å². The summed E-state index contributed by atoms with van der Waals surface area (Å²) in [5.74, 6) is -0.0358. The number of aromatic nitrogens is 3. The molecule has 4 N–H and O–H groups in total. The Hall–Kier alpha value is -3.72. The van der Waals surface area contributed by atoms with Gasteiger partial charge in [0.15, 0.2) is 0 Å². The van der Waals surface area contributed by atoms with E-state index in [4.69, 9.17) is 10.5 Å². The number of nitrogens with zero attached hydrogens (tertiary/aromatic N) is 3. The van der Waals surface area contributed by atoms with Crippen LogP contribution in [0.25, 0.3) is 5.69 Å². The van der Waals surface area contributed by atoms with Gasteiger partial charge in [0.1, 0.15) is 23.5 Å². The average Bonchev–Trinajstić information content (AvgIpc) is 2.80. The fourth-order valence-electron chi connectivity index (χ4n) is 4.70. The van der Waals surface area contributed by atoms with Crippen molar-refractivity contribution in [3.8, 4) is 11.4 Å². The minimum atomic E-state index is -0.625. The third-order valence-electron chi connectivity index (χ3n) is 6.28. The van der Waals surface area contributed by atoms with Crippen LogP contribution in [-0.2, 0) is 0 Å². The van der Waals surface area contributed by atoms with Gasteiger partial charge >= 0.3 is 0 Å². The topological polar surface area (TPSA) is 124 Å². The molecule has 2 aromatic heterocycles. The van der Waals surface area contributed by atoms with E-state index in [-0.39, 0.29) is 17.4 Å². The van der Waals surface area contributed by atoms with Gasteiger partial charge in [0.05, 0.1) is 24.2 Å². The quantitative estimate of drug-likeness (QED) is 0.496. The van der Waals surface area contributed by atoms with Gasteiger partial charge in [-0.2, -0.15) is 0 Å². The lowest BCUT2D eigenvalue weighted by Gasteiger charge is -2.29. The van der Waals surface area contributed by atoms with E-state index in [1.54, 1.807) is 12.4 Å². The number of hydrogen-bond acceptors (Lipinski definition) is 7. The maximum absolute atomic E-state index is 13.4. The normalized spacial score (nSPS) is 17.7. The third-order valence-corrected chi connectivity index (χ3v) is 6.28. The molecule has 1 aliphatic heterocycles. The summed E-state index contributed by atoms with van der Waals surface area (Å²) in [4.78, 5) is 35.0. The van der Waals surface area contributed by atoms with Crippen LogP contribution >= 0.6 is 0 Å². The van der Waals surface area contributed by atoms with Crippen molar-refractivity contribution in [1.82, 2.24) is 19.9 Å². The van der Waals surface area contributed by atoms with Crippen LogP contribution in [0.1, 0.15) is 66.2 Å². The molecule has 184 valence electrons. The van der Waals surface area contributed by atoms with Crippen LogP contribution in [0.2, 0.25) is 0 Å². The number of rotatable bonds is 6. The number of carbonyl (C=O) groups is 1. The lowest BCUT2D eigenvalue weighted by Crippen LogP contribution is -2.34. The molecule has 1 amide bonds. The molecule has 3 heterocycles. The predicted octanol–water partition coefficient (Wildman–Crippen LogP) is 3.68. The number of piperidine rings is 1. The summed E-state index contributed by atoms with van der Waals surface area (Å²) in [7, 11) is 0. The van der Waals surface area contributed by atoms with E-state index in [2.05, 4.69) is 27.5 Å². The molecule has 1 aromatic carbocycles. The van der Waals surface area contributed by atoms with Crippen molar-refractivity contribution in [3.63, 3.8) is 0 Å². The van der Waals surface area contributed by atoms with Crippen molar-refractivity contribution >= 4 is 17.4 Å². The number of amides is 1. The van der Waals surface area contributed by atoms with Gasteiger partial charge in [0.2, 0.25) is 0 Å². The molecule has 1 fully saturated rings. The number of benzene rings is 1. The van der Waals surface area contributed by atoms with Crippen LogP contribution in [0.5, 0.6) is 5.75 Å². The number of hydrogen-bond donors (Lipinski definition) is 3. The molecule has 1 saturated heterocycles. The minimum Gasteiger partial charge on any atom is -0.494 e. The molecule has 3 aromatic rings. The van der Waals surface area contributed by atoms with Gasteiger partial charge in [-0.1, -0.05) is 6.42 Å². The summed E-state index contributed by atoms with van der Waals surface area (Å²) in [6.45, 7) is 8.37. The standard InChI is InChI=1S/C26H32N6O3/c1-5-35-20-9-15(2)23(16(3)10-20)32-14-29-24(27)22(26(32)34)25(33)31-19-11-18(12-28-13-19)21-8-6-7-17(4)30-21/h9-14,17,21,30H,5-8,27H2,1-4H3,(H,31,33)/t17-,21-/m0/s1. The zero-order valence-electron chi connectivity index (χ0n) is 20.6. The van der Waals surface area contributed by atoms with Crippen LogP contribution in [0, 0.1) is 13.8 Å². The van der Waals surface area contributed by atoms with Crippen LogP contribution in [0.15, 0.2) is 41.7 Å². The van der Waals surface area contributed by atoms with Crippen molar-refractivity contribution in [3.05, 3.63) is 69.5 Å². The summed E-state index contributed by atoms with van der Waals surface area (Å²) in [5, 5.41) is 6.35. The monoisotopic (exact) mass is 476 g/mol. The molecule has 35 heavy (non-hydrogen) atoms. The molecule has 1 aliphatic rings. The number of nitrogens with one attached hydrogen (secondary N) is 2. The first-order chi connectivity index (χ1) is 16.8. The Morgan fingerprint density at radius 3 is 2.66 bits per heavy atom. The Bertz CT molecular complexity index is 1280. The highest BCUT2D eigenvalue weighted by molar-refractivity contribution is 6.06. The summed E-state index contributed by atoms with van der Waals surface area (Å²) in [6.07, 6.45) is 7.98.